The van der Waals surface area contributed by atoms with Crippen molar-refractivity contribution in [3.8, 4) is 0 Å². The highest BCUT2D eigenvalue weighted by Gasteiger charge is 2.34. The van der Waals surface area contributed by atoms with Gasteiger partial charge in [-0.15, -0.1) is 0 Å². The van der Waals surface area contributed by atoms with Crippen LogP contribution in [0.1, 0.15) is 43.9 Å². The van der Waals surface area contributed by atoms with Gasteiger partial charge in [0.2, 0.25) is 0 Å². The van der Waals surface area contributed by atoms with Crippen LogP contribution >= 0.6 is 0 Å². The van der Waals surface area contributed by atoms with Crippen molar-refractivity contribution in [1.29, 1.82) is 0 Å². The second kappa shape index (κ2) is 8.34. The third-order valence-corrected chi connectivity index (χ3v) is 3.05. The topological polar surface area (TPSA) is 21.3 Å². The molecule has 2 nitrogen and oxygen atoms in total. The second-order valence-corrected chi connectivity index (χ2v) is 4.75. The molecule has 0 saturated carbocycles. The summed E-state index contributed by atoms with van der Waals surface area (Å²) in [7, 11) is 0. The fraction of sp³-hybridized carbons (Fsp3) is 0.600. The molecule has 0 saturated heterocycles. The lowest BCUT2D eigenvalue weighted by molar-refractivity contribution is -0.140. The number of hydrogen-bond acceptors (Lipinski definition) is 2. The summed E-state index contributed by atoms with van der Waals surface area (Å²) >= 11 is 0. The molecule has 21 heavy (non-hydrogen) atoms. The molecule has 6 heteroatoms. The first-order chi connectivity index (χ1) is 9.90. The molecule has 0 bridgehead atoms. The van der Waals surface area contributed by atoms with E-state index in [1.165, 1.54) is 6.07 Å². The van der Waals surface area contributed by atoms with Gasteiger partial charge in [0, 0.05) is 19.3 Å². The minimum Gasteiger partial charge on any atom is -0.381 e. The Hall–Kier alpha value is -1.14. The van der Waals surface area contributed by atoms with Crippen molar-refractivity contribution < 1.29 is 22.3 Å². The van der Waals surface area contributed by atoms with Gasteiger partial charge >= 0.3 is 6.18 Å². The summed E-state index contributed by atoms with van der Waals surface area (Å²) < 4.78 is 56.6. The minimum absolute atomic E-state index is 0.219. The van der Waals surface area contributed by atoms with Gasteiger partial charge in [-0.3, -0.25) is 0 Å². The zero-order chi connectivity index (χ0) is 15.9. The summed E-state index contributed by atoms with van der Waals surface area (Å²) in [6.07, 6.45) is -3.18. The average Bonchev–Trinajstić information content (AvgIpc) is 2.40. The van der Waals surface area contributed by atoms with E-state index in [2.05, 4.69) is 5.32 Å². The fourth-order valence-corrected chi connectivity index (χ4v) is 2.06. The maximum absolute atomic E-state index is 13.6. The van der Waals surface area contributed by atoms with E-state index < -0.39 is 17.6 Å². The number of rotatable bonds is 8. The van der Waals surface area contributed by atoms with E-state index in [0.717, 1.165) is 18.6 Å². The molecule has 0 amide bonds. The molecule has 1 atom stereocenters. The van der Waals surface area contributed by atoms with Crippen molar-refractivity contribution in [3.05, 3.63) is 35.1 Å². The second-order valence-electron chi connectivity index (χ2n) is 4.75. The average molecular weight is 307 g/mol. The molecule has 1 rings (SSSR count). The summed E-state index contributed by atoms with van der Waals surface area (Å²) in [5.41, 5.74) is -0.730. The van der Waals surface area contributed by atoms with Gasteiger partial charge in [0.25, 0.3) is 0 Å². The summed E-state index contributed by atoms with van der Waals surface area (Å²) in [6, 6.07) is 2.85. The van der Waals surface area contributed by atoms with Gasteiger partial charge in [-0.2, -0.15) is 13.2 Å². The SMILES string of the molecule is CCCOCCC(NCC)c1ccc(C(F)(F)F)c(F)c1. The van der Waals surface area contributed by atoms with Crippen LogP contribution in [-0.2, 0) is 10.9 Å². The quantitative estimate of drug-likeness (QED) is 0.571. The van der Waals surface area contributed by atoms with E-state index in [-0.39, 0.29) is 6.04 Å². The fourth-order valence-electron chi connectivity index (χ4n) is 2.06. The van der Waals surface area contributed by atoms with Crippen LogP contribution in [0.4, 0.5) is 17.6 Å². The molecule has 0 heterocycles. The van der Waals surface area contributed by atoms with Gasteiger partial charge in [-0.25, -0.2) is 4.39 Å². The van der Waals surface area contributed by atoms with E-state index >= 15 is 0 Å². The summed E-state index contributed by atoms with van der Waals surface area (Å²) in [4.78, 5) is 0. The first-order valence-corrected chi connectivity index (χ1v) is 7.07. The Morgan fingerprint density at radius 3 is 2.43 bits per heavy atom. The summed E-state index contributed by atoms with van der Waals surface area (Å²) in [5, 5.41) is 3.13. The van der Waals surface area contributed by atoms with Gasteiger partial charge in [0.1, 0.15) is 5.82 Å². The predicted octanol–water partition coefficient (Wildman–Crippen LogP) is 4.31. The van der Waals surface area contributed by atoms with Crippen LogP contribution in [0.5, 0.6) is 0 Å². The Labute approximate surface area is 122 Å². The number of ether oxygens (including phenoxy) is 1. The number of halogens is 4. The molecule has 0 aromatic heterocycles. The smallest absolute Gasteiger partial charge is 0.381 e. The number of hydrogen-bond donors (Lipinski definition) is 1. The largest absolute Gasteiger partial charge is 0.419 e. The number of alkyl halides is 3. The van der Waals surface area contributed by atoms with Gasteiger partial charge in [-0.05, 0) is 37.1 Å². The maximum atomic E-state index is 13.6. The lowest BCUT2D eigenvalue weighted by Crippen LogP contribution is -2.23. The van der Waals surface area contributed by atoms with E-state index in [1.807, 2.05) is 13.8 Å². The Morgan fingerprint density at radius 2 is 1.90 bits per heavy atom. The zero-order valence-electron chi connectivity index (χ0n) is 12.3. The first-order valence-electron chi connectivity index (χ1n) is 7.07. The van der Waals surface area contributed by atoms with Gasteiger partial charge in [0.05, 0.1) is 5.56 Å². The highest BCUT2D eigenvalue weighted by molar-refractivity contribution is 5.28. The summed E-state index contributed by atoms with van der Waals surface area (Å²) in [6.45, 7) is 5.64. The molecule has 1 unspecified atom stereocenters. The monoisotopic (exact) mass is 307 g/mol. The Bertz CT molecular complexity index is 434. The first kappa shape index (κ1) is 17.9. The standard InChI is InChI=1S/C15H21F4NO/c1-3-8-21-9-7-14(20-4-2)11-5-6-12(13(16)10-11)15(17,18)19/h5-6,10,14,20H,3-4,7-9H2,1-2H3. The molecule has 0 aliphatic carbocycles. The van der Waals surface area contributed by atoms with E-state index in [9.17, 15) is 17.6 Å². The van der Waals surface area contributed by atoms with Crippen molar-refractivity contribution in [3.63, 3.8) is 0 Å². The molecular formula is C15H21F4NO. The zero-order valence-corrected chi connectivity index (χ0v) is 12.3. The molecule has 0 spiro atoms. The maximum Gasteiger partial charge on any atom is 0.419 e. The summed E-state index contributed by atoms with van der Waals surface area (Å²) in [5.74, 6) is -1.24. The Kier molecular flexibility index (Phi) is 7.11. The van der Waals surface area contributed by atoms with Crippen molar-refractivity contribution in [2.24, 2.45) is 0 Å². The van der Waals surface area contributed by atoms with E-state index in [0.29, 0.717) is 31.7 Å². The lowest BCUT2D eigenvalue weighted by Gasteiger charge is -2.19. The van der Waals surface area contributed by atoms with Gasteiger partial charge in [0.15, 0.2) is 0 Å². The number of nitrogens with one attached hydrogen (secondary N) is 1. The molecule has 1 N–H and O–H groups in total. The normalized spacial score (nSPS) is 13.4. The molecule has 1 aromatic carbocycles. The predicted molar refractivity (Wildman–Crippen MR) is 73.5 cm³/mol. The van der Waals surface area contributed by atoms with Crippen molar-refractivity contribution in [2.75, 3.05) is 19.8 Å². The third kappa shape index (κ3) is 5.63. The van der Waals surface area contributed by atoms with Crippen molar-refractivity contribution in [1.82, 2.24) is 5.32 Å². The van der Waals surface area contributed by atoms with Gasteiger partial charge < -0.3 is 10.1 Å². The van der Waals surface area contributed by atoms with E-state index in [4.69, 9.17) is 4.74 Å². The van der Waals surface area contributed by atoms with Crippen LogP contribution in [-0.4, -0.2) is 19.8 Å². The van der Waals surface area contributed by atoms with Crippen LogP contribution in [0.15, 0.2) is 18.2 Å². The third-order valence-electron chi connectivity index (χ3n) is 3.05. The van der Waals surface area contributed by atoms with Crippen LogP contribution in [0.3, 0.4) is 0 Å². The van der Waals surface area contributed by atoms with E-state index in [1.54, 1.807) is 0 Å². The van der Waals surface area contributed by atoms with Crippen LogP contribution in [0, 0.1) is 5.82 Å². The Balaban J connectivity index is 2.81. The number of benzene rings is 1. The van der Waals surface area contributed by atoms with Crippen LogP contribution < -0.4 is 5.32 Å². The molecule has 0 fully saturated rings. The Morgan fingerprint density at radius 1 is 1.19 bits per heavy atom. The van der Waals surface area contributed by atoms with Crippen LogP contribution in [0.25, 0.3) is 0 Å². The highest BCUT2D eigenvalue weighted by Crippen LogP contribution is 2.32. The van der Waals surface area contributed by atoms with Gasteiger partial charge in [-0.1, -0.05) is 19.9 Å². The molecule has 1 aromatic rings. The van der Waals surface area contributed by atoms with Crippen molar-refractivity contribution >= 4 is 0 Å². The molecule has 0 radical (unpaired) electrons. The molecule has 120 valence electrons. The van der Waals surface area contributed by atoms with Crippen molar-refractivity contribution in [2.45, 2.75) is 38.9 Å². The lowest BCUT2D eigenvalue weighted by atomic mass is 10.0. The minimum atomic E-state index is -4.67. The highest BCUT2D eigenvalue weighted by atomic mass is 19.4. The molecular weight excluding hydrogens is 286 g/mol. The molecule has 0 aliphatic rings. The van der Waals surface area contributed by atoms with Crippen LogP contribution in [0.2, 0.25) is 0 Å². The molecule has 0 aliphatic heterocycles.